The van der Waals surface area contributed by atoms with E-state index < -0.39 is 15.8 Å². The summed E-state index contributed by atoms with van der Waals surface area (Å²) in [4.78, 5) is 1.79. The van der Waals surface area contributed by atoms with Gasteiger partial charge in [0, 0.05) is 16.3 Å². The van der Waals surface area contributed by atoms with Crippen LogP contribution in [0.4, 0.5) is 10.1 Å². The highest BCUT2D eigenvalue weighted by atomic mass is 32.2. The van der Waals surface area contributed by atoms with Crippen LogP contribution >= 0.6 is 11.3 Å². The van der Waals surface area contributed by atoms with Gasteiger partial charge in [-0.15, -0.1) is 11.3 Å². The summed E-state index contributed by atoms with van der Waals surface area (Å²) in [5.74, 6) is -0.598. The maximum absolute atomic E-state index is 13.5. The van der Waals surface area contributed by atoms with Crippen molar-refractivity contribution in [3.63, 3.8) is 0 Å². The Kier molecular flexibility index (Phi) is 4.42. The lowest BCUT2D eigenvalue weighted by Crippen LogP contribution is -2.14. The Bertz CT molecular complexity index is 711. The summed E-state index contributed by atoms with van der Waals surface area (Å²) in [6, 6.07) is 7.30. The molecule has 7 heteroatoms. The van der Waals surface area contributed by atoms with Crippen molar-refractivity contribution in [1.29, 1.82) is 0 Å². The van der Waals surface area contributed by atoms with Gasteiger partial charge in [0.25, 0.3) is 10.0 Å². The van der Waals surface area contributed by atoms with E-state index >= 15 is 0 Å². The molecule has 1 aromatic carbocycles. The van der Waals surface area contributed by atoms with E-state index in [1.54, 1.807) is 26.1 Å². The average molecular weight is 314 g/mol. The highest BCUT2D eigenvalue weighted by Crippen LogP contribution is 2.27. The minimum atomic E-state index is -3.77. The summed E-state index contributed by atoms with van der Waals surface area (Å²) in [7, 11) is -1.98. The van der Waals surface area contributed by atoms with Crippen molar-refractivity contribution in [2.45, 2.75) is 18.4 Å². The minimum Gasteiger partial charge on any atom is -0.315 e. The Hall–Kier alpha value is -1.44. The van der Waals surface area contributed by atoms with Gasteiger partial charge in [-0.25, -0.2) is 12.8 Å². The molecular weight excluding hydrogens is 299 g/mol. The van der Waals surface area contributed by atoms with E-state index in [1.165, 1.54) is 29.5 Å². The second-order valence-electron chi connectivity index (χ2n) is 4.25. The van der Waals surface area contributed by atoms with Gasteiger partial charge in [-0.2, -0.15) is 0 Å². The standard InChI is InChI=1S/C13H15FN2O2S2/c1-9-13(7-10(19-9)8-15-2)20(17,18)16-12-6-4-3-5-11(12)14/h3-7,15-16H,8H2,1-2H3. The lowest BCUT2D eigenvalue weighted by atomic mass is 10.3. The van der Waals surface area contributed by atoms with Crippen molar-refractivity contribution >= 4 is 27.0 Å². The van der Waals surface area contributed by atoms with Crippen LogP contribution in [-0.2, 0) is 16.6 Å². The van der Waals surface area contributed by atoms with Crippen LogP contribution in [0.25, 0.3) is 0 Å². The van der Waals surface area contributed by atoms with Crippen molar-refractivity contribution in [3.05, 3.63) is 45.9 Å². The van der Waals surface area contributed by atoms with Gasteiger partial charge in [-0.1, -0.05) is 12.1 Å². The van der Waals surface area contributed by atoms with E-state index in [0.29, 0.717) is 11.4 Å². The molecule has 2 aromatic rings. The molecule has 0 bridgehead atoms. The number of sulfonamides is 1. The van der Waals surface area contributed by atoms with Crippen LogP contribution in [0.3, 0.4) is 0 Å². The summed E-state index contributed by atoms with van der Waals surface area (Å²) in [5.41, 5.74) is -0.0479. The molecule has 0 saturated heterocycles. The monoisotopic (exact) mass is 314 g/mol. The van der Waals surface area contributed by atoms with Crippen molar-refractivity contribution in [2.24, 2.45) is 0 Å². The largest absolute Gasteiger partial charge is 0.315 e. The first kappa shape index (κ1) is 15.0. The first-order valence-electron chi connectivity index (χ1n) is 5.95. The summed E-state index contributed by atoms with van der Waals surface area (Å²) in [6.45, 7) is 2.33. The predicted molar refractivity (Wildman–Crippen MR) is 79.0 cm³/mol. The molecule has 108 valence electrons. The third-order valence-corrected chi connectivity index (χ3v) is 5.35. The Morgan fingerprint density at radius 3 is 2.65 bits per heavy atom. The lowest BCUT2D eigenvalue weighted by molar-refractivity contribution is 0.598. The number of rotatable bonds is 5. The topological polar surface area (TPSA) is 58.2 Å². The maximum Gasteiger partial charge on any atom is 0.263 e. The molecule has 2 rings (SSSR count). The summed E-state index contributed by atoms with van der Waals surface area (Å²) in [5, 5.41) is 2.97. The van der Waals surface area contributed by atoms with Crippen molar-refractivity contribution < 1.29 is 12.8 Å². The van der Waals surface area contributed by atoms with Gasteiger partial charge in [0.2, 0.25) is 0 Å². The Labute approximate surface area is 121 Å². The second kappa shape index (κ2) is 5.90. The predicted octanol–water partition coefficient (Wildman–Crippen LogP) is 2.72. The molecule has 20 heavy (non-hydrogen) atoms. The van der Waals surface area contributed by atoms with Crippen molar-refractivity contribution in [2.75, 3.05) is 11.8 Å². The third kappa shape index (κ3) is 3.17. The van der Waals surface area contributed by atoms with Crippen LogP contribution in [0.5, 0.6) is 0 Å². The number of para-hydroxylation sites is 1. The molecule has 0 fully saturated rings. The third-order valence-electron chi connectivity index (χ3n) is 2.68. The zero-order valence-electron chi connectivity index (χ0n) is 11.1. The van der Waals surface area contributed by atoms with Gasteiger partial charge in [-0.3, -0.25) is 4.72 Å². The number of nitrogens with one attached hydrogen (secondary N) is 2. The van der Waals surface area contributed by atoms with Crippen molar-refractivity contribution in [1.82, 2.24) is 5.32 Å². The van der Waals surface area contributed by atoms with Gasteiger partial charge in [0.15, 0.2) is 0 Å². The Morgan fingerprint density at radius 1 is 1.30 bits per heavy atom. The smallest absolute Gasteiger partial charge is 0.263 e. The number of anilines is 1. The summed E-state index contributed by atoms with van der Waals surface area (Å²) < 4.78 is 40.4. The molecule has 0 saturated carbocycles. The first-order chi connectivity index (χ1) is 9.44. The number of hydrogen-bond donors (Lipinski definition) is 2. The van der Waals surface area contributed by atoms with Gasteiger partial charge in [0.1, 0.15) is 10.7 Å². The fraction of sp³-hybridized carbons (Fsp3) is 0.231. The van der Waals surface area contributed by atoms with Gasteiger partial charge in [-0.05, 0) is 32.2 Å². The molecule has 0 aliphatic rings. The zero-order chi connectivity index (χ0) is 14.8. The Morgan fingerprint density at radius 2 is 2.00 bits per heavy atom. The van der Waals surface area contributed by atoms with Gasteiger partial charge in [0.05, 0.1) is 5.69 Å². The molecule has 1 heterocycles. The average Bonchev–Trinajstić information content (AvgIpc) is 2.74. The summed E-state index contributed by atoms with van der Waals surface area (Å²) in [6.07, 6.45) is 0. The highest BCUT2D eigenvalue weighted by molar-refractivity contribution is 7.93. The first-order valence-corrected chi connectivity index (χ1v) is 8.25. The number of benzene rings is 1. The highest BCUT2D eigenvalue weighted by Gasteiger charge is 2.21. The molecule has 0 atom stereocenters. The fourth-order valence-corrected chi connectivity index (χ4v) is 4.51. The van der Waals surface area contributed by atoms with Crippen LogP contribution in [0.1, 0.15) is 9.75 Å². The molecule has 0 spiro atoms. The second-order valence-corrected chi connectivity index (χ2v) is 7.24. The molecular formula is C13H15FN2O2S2. The number of halogens is 1. The number of hydrogen-bond acceptors (Lipinski definition) is 4. The van der Waals surface area contributed by atoms with Crippen LogP contribution < -0.4 is 10.0 Å². The van der Waals surface area contributed by atoms with Crippen LogP contribution in [0.15, 0.2) is 35.2 Å². The van der Waals surface area contributed by atoms with E-state index in [2.05, 4.69) is 10.0 Å². The van der Waals surface area contributed by atoms with E-state index in [0.717, 1.165) is 4.88 Å². The molecule has 4 nitrogen and oxygen atoms in total. The van der Waals surface area contributed by atoms with Crippen LogP contribution in [-0.4, -0.2) is 15.5 Å². The zero-order valence-corrected chi connectivity index (χ0v) is 12.7. The van der Waals surface area contributed by atoms with E-state index in [9.17, 15) is 12.8 Å². The minimum absolute atomic E-state index is 0.0479. The summed E-state index contributed by atoms with van der Waals surface area (Å²) >= 11 is 1.41. The van der Waals surface area contributed by atoms with Crippen LogP contribution in [0, 0.1) is 12.7 Å². The number of thiophene rings is 1. The fourth-order valence-electron chi connectivity index (χ4n) is 1.80. The van der Waals surface area contributed by atoms with E-state index in [1.807, 2.05) is 0 Å². The molecule has 0 radical (unpaired) electrons. The maximum atomic E-state index is 13.5. The molecule has 0 unspecified atom stereocenters. The lowest BCUT2D eigenvalue weighted by Gasteiger charge is -2.08. The molecule has 1 aromatic heterocycles. The van der Waals surface area contributed by atoms with Gasteiger partial charge < -0.3 is 5.32 Å². The SMILES string of the molecule is CNCc1cc(S(=O)(=O)Nc2ccccc2F)c(C)s1. The van der Waals surface area contributed by atoms with E-state index in [-0.39, 0.29) is 10.6 Å². The van der Waals surface area contributed by atoms with Gasteiger partial charge >= 0.3 is 0 Å². The molecule has 2 N–H and O–H groups in total. The number of aryl methyl sites for hydroxylation is 1. The quantitative estimate of drug-likeness (QED) is 0.892. The molecule has 0 aliphatic carbocycles. The van der Waals surface area contributed by atoms with Crippen LogP contribution in [0.2, 0.25) is 0 Å². The van der Waals surface area contributed by atoms with Crippen molar-refractivity contribution in [3.8, 4) is 0 Å². The van der Waals surface area contributed by atoms with E-state index in [4.69, 9.17) is 0 Å². The molecule has 0 aliphatic heterocycles. The Balaban J connectivity index is 2.33. The molecule has 0 amide bonds. The normalized spacial score (nSPS) is 11.6.